The Morgan fingerprint density at radius 1 is 1.17 bits per heavy atom. The third-order valence-electron chi connectivity index (χ3n) is 4.65. The number of anilines is 1. The van der Waals surface area contributed by atoms with Crippen LogP contribution < -0.4 is 19.1 Å². The maximum Gasteiger partial charge on any atom is 0.244 e. The quantitative estimate of drug-likeness (QED) is 0.623. The average Bonchev–Trinajstić information content (AvgIpc) is 2.70. The SMILES string of the molecule is CC[C@@H](C(=O)N[C@H](C)c1cc(OC)ccc1OC)N(c1cccc(Cl)c1)S(C)(=O)=O. The molecule has 0 radical (unpaired) electrons. The number of halogens is 1. The van der Waals surface area contributed by atoms with E-state index in [1.807, 2.05) is 0 Å². The minimum atomic E-state index is -3.75. The maximum atomic E-state index is 13.1. The van der Waals surface area contributed by atoms with E-state index < -0.39 is 28.0 Å². The van der Waals surface area contributed by atoms with E-state index in [0.717, 1.165) is 10.6 Å². The number of carbonyl (C=O) groups is 1. The molecule has 0 aliphatic heterocycles. The van der Waals surface area contributed by atoms with Crippen molar-refractivity contribution in [1.29, 1.82) is 0 Å². The van der Waals surface area contributed by atoms with Crippen molar-refractivity contribution in [1.82, 2.24) is 5.32 Å². The molecule has 0 saturated carbocycles. The number of sulfonamides is 1. The van der Waals surface area contributed by atoms with Gasteiger partial charge in [-0.3, -0.25) is 9.10 Å². The van der Waals surface area contributed by atoms with Gasteiger partial charge in [0.2, 0.25) is 15.9 Å². The lowest BCUT2D eigenvalue weighted by Gasteiger charge is -2.31. The summed E-state index contributed by atoms with van der Waals surface area (Å²) in [6.07, 6.45) is 1.34. The van der Waals surface area contributed by atoms with Crippen LogP contribution in [0.15, 0.2) is 42.5 Å². The summed E-state index contributed by atoms with van der Waals surface area (Å²) in [7, 11) is -0.652. The van der Waals surface area contributed by atoms with Crippen LogP contribution in [-0.2, 0) is 14.8 Å². The van der Waals surface area contributed by atoms with Crippen LogP contribution in [0.3, 0.4) is 0 Å². The molecule has 0 aliphatic carbocycles. The van der Waals surface area contributed by atoms with Gasteiger partial charge in [-0.1, -0.05) is 24.6 Å². The number of rotatable bonds is 9. The zero-order valence-corrected chi connectivity index (χ0v) is 19.3. The van der Waals surface area contributed by atoms with Crippen molar-refractivity contribution in [3.63, 3.8) is 0 Å². The standard InChI is InChI=1S/C21H27ClN2O5S/c1-6-19(24(30(5,26)27)16-9-7-8-15(22)12-16)21(25)23-14(2)18-13-17(28-3)10-11-20(18)29-4/h7-14,19H,6H2,1-5H3,(H,23,25)/t14-,19+/m1/s1. The van der Waals surface area contributed by atoms with Gasteiger partial charge >= 0.3 is 0 Å². The second-order valence-corrected chi connectivity index (χ2v) is 9.10. The van der Waals surface area contributed by atoms with Gasteiger partial charge in [-0.25, -0.2) is 8.42 Å². The Labute approximate surface area is 183 Å². The van der Waals surface area contributed by atoms with E-state index in [4.69, 9.17) is 21.1 Å². The minimum absolute atomic E-state index is 0.271. The van der Waals surface area contributed by atoms with Crippen LogP contribution in [-0.4, -0.2) is 40.8 Å². The average molecular weight is 455 g/mol. The zero-order valence-electron chi connectivity index (χ0n) is 17.7. The monoisotopic (exact) mass is 454 g/mol. The summed E-state index contributed by atoms with van der Waals surface area (Å²) in [5, 5.41) is 3.28. The first-order chi connectivity index (χ1) is 14.1. The minimum Gasteiger partial charge on any atom is -0.497 e. The Morgan fingerprint density at radius 3 is 2.40 bits per heavy atom. The molecule has 0 unspecified atom stereocenters. The Balaban J connectivity index is 2.37. The van der Waals surface area contributed by atoms with Gasteiger partial charge in [0.25, 0.3) is 0 Å². The fourth-order valence-corrected chi connectivity index (χ4v) is 4.63. The third kappa shape index (κ3) is 5.58. The van der Waals surface area contributed by atoms with Crippen LogP contribution >= 0.6 is 11.6 Å². The number of benzene rings is 2. The lowest BCUT2D eigenvalue weighted by atomic mass is 10.1. The van der Waals surface area contributed by atoms with E-state index in [1.165, 1.54) is 6.07 Å². The van der Waals surface area contributed by atoms with Crippen LogP contribution in [0.2, 0.25) is 5.02 Å². The van der Waals surface area contributed by atoms with Crippen molar-refractivity contribution in [3.05, 3.63) is 53.1 Å². The Morgan fingerprint density at radius 2 is 1.87 bits per heavy atom. The molecule has 9 heteroatoms. The molecule has 0 heterocycles. The number of nitrogens with one attached hydrogen (secondary N) is 1. The molecule has 0 spiro atoms. The van der Waals surface area contributed by atoms with Crippen LogP contribution in [0, 0.1) is 0 Å². The van der Waals surface area contributed by atoms with Crippen LogP contribution in [0.1, 0.15) is 31.9 Å². The van der Waals surface area contributed by atoms with Crippen LogP contribution in [0.4, 0.5) is 5.69 Å². The first-order valence-corrected chi connectivity index (χ1v) is 11.6. The molecule has 0 aromatic heterocycles. The molecular weight excluding hydrogens is 428 g/mol. The summed E-state index contributed by atoms with van der Waals surface area (Å²) in [6.45, 7) is 3.55. The summed E-state index contributed by atoms with van der Waals surface area (Å²) >= 11 is 6.04. The highest BCUT2D eigenvalue weighted by Crippen LogP contribution is 2.30. The first-order valence-electron chi connectivity index (χ1n) is 9.39. The van der Waals surface area contributed by atoms with E-state index in [2.05, 4.69) is 5.32 Å². The number of ether oxygens (including phenoxy) is 2. The zero-order chi connectivity index (χ0) is 22.5. The highest BCUT2D eigenvalue weighted by Gasteiger charge is 2.32. The molecule has 0 fully saturated rings. The highest BCUT2D eigenvalue weighted by molar-refractivity contribution is 7.92. The van der Waals surface area contributed by atoms with Crippen molar-refractivity contribution < 1.29 is 22.7 Å². The molecule has 7 nitrogen and oxygen atoms in total. The van der Waals surface area contributed by atoms with E-state index >= 15 is 0 Å². The molecule has 2 rings (SSSR count). The Hall–Kier alpha value is -2.45. The molecule has 2 atom stereocenters. The molecule has 2 aromatic carbocycles. The molecule has 0 bridgehead atoms. The predicted molar refractivity (Wildman–Crippen MR) is 119 cm³/mol. The lowest BCUT2D eigenvalue weighted by Crippen LogP contribution is -2.49. The number of methoxy groups -OCH3 is 2. The lowest BCUT2D eigenvalue weighted by molar-refractivity contribution is -0.122. The number of nitrogens with zero attached hydrogens (tertiary/aromatic N) is 1. The van der Waals surface area contributed by atoms with Crippen molar-refractivity contribution in [3.8, 4) is 11.5 Å². The summed E-state index contributed by atoms with van der Waals surface area (Å²) < 4.78 is 36.9. The number of amides is 1. The normalized spacial score (nSPS) is 13.3. The van der Waals surface area contributed by atoms with Crippen molar-refractivity contribution >= 4 is 33.2 Å². The van der Waals surface area contributed by atoms with Gasteiger partial charge in [0.1, 0.15) is 17.5 Å². The van der Waals surface area contributed by atoms with Gasteiger partial charge in [-0.2, -0.15) is 0 Å². The fraction of sp³-hybridized carbons (Fsp3) is 0.381. The molecule has 164 valence electrons. The highest BCUT2D eigenvalue weighted by atomic mass is 35.5. The summed E-state index contributed by atoms with van der Waals surface area (Å²) in [4.78, 5) is 13.1. The maximum absolute atomic E-state index is 13.1. The molecule has 2 aromatic rings. The molecule has 0 saturated heterocycles. The molecule has 1 N–H and O–H groups in total. The number of carbonyl (C=O) groups excluding carboxylic acids is 1. The molecule has 30 heavy (non-hydrogen) atoms. The third-order valence-corrected chi connectivity index (χ3v) is 6.07. The van der Waals surface area contributed by atoms with Crippen LogP contribution in [0.25, 0.3) is 0 Å². The van der Waals surface area contributed by atoms with Gasteiger partial charge in [0, 0.05) is 10.6 Å². The summed E-state index contributed by atoms with van der Waals surface area (Å²) in [5.41, 5.74) is 1.05. The molecule has 1 amide bonds. The molecular formula is C21H27ClN2O5S. The van der Waals surface area contributed by atoms with E-state index in [9.17, 15) is 13.2 Å². The van der Waals surface area contributed by atoms with E-state index in [1.54, 1.807) is 64.5 Å². The van der Waals surface area contributed by atoms with Crippen LogP contribution in [0.5, 0.6) is 11.5 Å². The topological polar surface area (TPSA) is 84.9 Å². The summed E-state index contributed by atoms with van der Waals surface area (Å²) in [5.74, 6) is 0.780. The van der Waals surface area contributed by atoms with Gasteiger partial charge in [-0.15, -0.1) is 0 Å². The second kappa shape index (κ2) is 10.0. The van der Waals surface area contributed by atoms with Crippen molar-refractivity contribution in [2.45, 2.75) is 32.4 Å². The smallest absolute Gasteiger partial charge is 0.244 e. The fourth-order valence-electron chi connectivity index (χ4n) is 3.24. The van der Waals surface area contributed by atoms with E-state index in [0.29, 0.717) is 27.8 Å². The Kier molecular flexibility index (Phi) is 7.97. The van der Waals surface area contributed by atoms with E-state index in [-0.39, 0.29) is 6.42 Å². The van der Waals surface area contributed by atoms with Gasteiger partial charge in [0.15, 0.2) is 0 Å². The van der Waals surface area contributed by atoms with Gasteiger partial charge in [-0.05, 0) is 49.7 Å². The van der Waals surface area contributed by atoms with Crippen molar-refractivity contribution in [2.75, 3.05) is 24.8 Å². The number of hydrogen-bond acceptors (Lipinski definition) is 5. The first kappa shape index (κ1) is 23.8. The molecule has 0 aliphatic rings. The number of hydrogen-bond donors (Lipinski definition) is 1. The largest absolute Gasteiger partial charge is 0.497 e. The summed E-state index contributed by atoms with van der Waals surface area (Å²) in [6, 6.07) is 10.3. The van der Waals surface area contributed by atoms with Gasteiger partial charge < -0.3 is 14.8 Å². The van der Waals surface area contributed by atoms with Crippen molar-refractivity contribution in [2.24, 2.45) is 0 Å². The second-order valence-electron chi connectivity index (χ2n) is 6.80. The predicted octanol–water partition coefficient (Wildman–Crippen LogP) is 3.78. The Bertz CT molecular complexity index is 997. The van der Waals surface area contributed by atoms with Gasteiger partial charge in [0.05, 0.1) is 32.2 Å².